The van der Waals surface area contributed by atoms with Crippen LogP contribution >= 0.6 is 0 Å². The van der Waals surface area contributed by atoms with Crippen LogP contribution in [0.15, 0.2) is 29.4 Å². The SMILES string of the molecule is COC(=O)Cc1c(/C=N/O)n(C)c2ccccc12. The Kier molecular flexibility index (Phi) is 3.32. The van der Waals surface area contributed by atoms with E-state index in [1.54, 1.807) is 0 Å². The minimum atomic E-state index is -0.320. The van der Waals surface area contributed by atoms with Gasteiger partial charge in [-0.25, -0.2) is 0 Å². The molecule has 0 amide bonds. The molecule has 1 aromatic carbocycles. The molecule has 0 saturated carbocycles. The number of esters is 1. The van der Waals surface area contributed by atoms with Crippen molar-refractivity contribution in [2.24, 2.45) is 12.2 Å². The second kappa shape index (κ2) is 4.91. The van der Waals surface area contributed by atoms with Crippen LogP contribution in [0.5, 0.6) is 0 Å². The molecule has 0 radical (unpaired) electrons. The zero-order valence-electron chi connectivity index (χ0n) is 10.3. The second-order valence-electron chi connectivity index (χ2n) is 3.94. The molecule has 5 heteroatoms. The Labute approximate surface area is 104 Å². The number of hydrogen-bond acceptors (Lipinski definition) is 4. The van der Waals surface area contributed by atoms with E-state index in [4.69, 9.17) is 9.94 Å². The average Bonchev–Trinajstić information content (AvgIpc) is 2.65. The van der Waals surface area contributed by atoms with Gasteiger partial charge < -0.3 is 14.5 Å². The molecule has 5 nitrogen and oxygen atoms in total. The standard InChI is InChI=1S/C13H14N2O3/c1-15-11-6-4-3-5-9(11)10(7-13(16)18-2)12(15)8-14-17/h3-6,8,17H,7H2,1-2H3/b14-8+. The van der Waals surface area contributed by atoms with Crippen molar-refractivity contribution < 1.29 is 14.7 Å². The van der Waals surface area contributed by atoms with E-state index in [1.807, 2.05) is 35.9 Å². The minimum Gasteiger partial charge on any atom is -0.469 e. The maximum Gasteiger partial charge on any atom is 0.310 e. The largest absolute Gasteiger partial charge is 0.469 e. The number of methoxy groups -OCH3 is 1. The number of carbonyl (C=O) groups excluding carboxylic acids is 1. The zero-order chi connectivity index (χ0) is 13.1. The number of benzene rings is 1. The summed E-state index contributed by atoms with van der Waals surface area (Å²) in [7, 11) is 3.22. The van der Waals surface area contributed by atoms with E-state index >= 15 is 0 Å². The highest BCUT2D eigenvalue weighted by Gasteiger charge is 2.16. The number of aromatic nitrogens is 1. The molecule has 0 spiro atoms. The number of aryl methyl sites for hydroxylation is 1. The molecule has 0 aliphatic heterocycles. The van der Waals surface area contributed by atoms with Crippen molar-refractivity contribution in [2.45, 2.75) is 6.42 Å². The molecule has 1 heterocycles. The van der Waals surface area contributed by atoms with E-state index < -0.39 is 0 Å². The van der Waals surface area contributed by atoms with E-state index in [0.717, 1.165) is 16.5 Å². The van der Waals surface area contributed by atoms with Gasteiger partial charge in [-0.05, 0) is 11.6 Å². The molecule has 1 N–H and O–H groups in total. The summed E-state index contributed by atoms with van der Waals surface area (Å²) in [6.07, 6.45) is 1.48. The third-order valence-corrected chi connectivity index (χ3v) is 2.99. The summed E-state index contributed by atoms with van der Waals surface area (Å²) in [6, 6.07) is 7.71. The smallest absolute Gasteiger partial charge is 0.310 e. The normalized spacial score (nSPS) is 11.2. The summed E-state index contributed by atoms with van der Waals surface area (Å²) in [5.74, 6) is -0.320. The molecule has 18 heavy (non-hydrogen) atoms. The van der Waals surface area contributed by atoms with Gasteiger partial charge in [-0.3, -0.25) is 4.79 Å². The van der Waals surface area contributed by atoms with Gasteiger partial charge in [-0.15, -0.1) is 0 Å². The van der Waals surface area contributed by atoms with Gasteiger partial charge >= 0.3 is 5.97 Å². The second-order valence-corrected chi connectivity index (χ2v) is 3.94. The van der Waals surface area contributed by atoms with Crippen LogP contribution in [0.25, 0.3) is 10.9 Å². The molecule has 2 aromatic rings. The first-order valence-electron chi connectivity index (χ1n) is 5.49. The molecule has 0 bridgehead atoms. The molecule has 1 aromatic heterocycles. The maximum atomic E-state index is 11.5. The lowest BCUT2D eigenvalue weighted by Gasteiger charge is -2.01. The molecule has 0 atom stereocenters. The highest BCUT2D eigenvalue weighted by atomic mass is 16.5. The Hall–Kier alpha value is -2.30. The van der Waals surface area contributed by atoms with Crippen molar-refractivity contribution in [1.82, 2.24) is 4.57 Å². The Morgan fingerprint density at radius 3 is 2.89 bits per heavy atom. The van der Waals surface area contributed by atoms with Gasteiger partial charge in [0.1, 0.15) is 0 Å². The number of ether oxygens (including phenoxy) is 1. The van der Waals surface area contributed by atoms with Crippen LogP contribution in [0.2, 0.25) is 0 Å². The number of nitrogens with zero attached hydrogens (tertiary/aromatic N) is 2. The first kappa shape index (κ1) is 12.2. The van der Waals surface area contributed by atoms with Crippen molar-refractivity contribution in [3.8, 4) is 0 Å². The van der Waals surface area contributed by atoms with E-state index in [0.29, 0.717) is 5.69 Å². The molecule has 0 aliphatic carbocycles. The predicted molar refractivity (Wildman–Crippen MR) is 68.0 cm³/mol. The molecule has 0 fully saturated rings. The first-order valence-corrected chi connectivity index (χ1v) is 5.49. The summed E-state index contributed by atoms with van der Waals surface area (Å²) in [5, 5.41) is 12.7. The molecule has 0 unspecified atom stereocenters. The molecule has 2 rings (SSSR count). The van der Waals surface area contributed by atoms with Gasteiger partial charge in [0.15, 0.2) is 0 Å². The molecule has 0 aliphatic rings. The molecule has 0 saturated heterocycles. The first-order chi connectivity index (χ1) is 8.69. The van der Waals surface area contributed by atoms with Gasteiger partial charge in [-0.2, -0.15) is 0 Å². The van der Waals surface area contributed by atoms with Gasteiger partial charge in [0, 0.05) is 18.0 Å². The fourth-order valence-corrected chi connectivity index (χ4v) is 2.11. The zero-order valence-corrected chi connectivity index (χ0v) is 10.3. The number of hydrogen-bond donors (Lipinski definition) is 1. The monoisotopic (exact) mass is 246 g/mol. The lowest BCUT2D eigenvalue weighted by molar-refractivity contribution is -0.139. The van der Waals surface area contributed by atoms with E-state index in [9.17, 15) is 4.79 Å². The molecular formula is C13H14N2O3. The quantitative estimate of drug-likeness (QED) is 0.388. The Bertz CT molecular complexity index is 614. The van der Waals surface area contributed by atoms with Gasteiger partial charge in [0.2, 0.25) is 0 Å². The van der Waals surface area contributed by atoms with Crippen molar-refractivity contribution in [1.29, 1.82) is 0 Å². The van der Waals surface area contributed by atoms with Gasteiger partial charge in [-0.1, -0.05) is 23.4 Å². The fourth-order valence-electron chi connectivity index (χ4n) is 2.11. The van der Waals surface area contributed by atoms with E-state index in [-0.39, 0.29) is 12.4 Å². The molecular weight excluding hydrogens is 232 g/mol. The van der Waals surface area contributed by atoms with Crippen LogP contribution in [0, 0.1) is 0 Å². The van der Waals surface area contributed by atoms with Crippen molar-refractivity contribution >= 4 is 23.1 Å². The van der Waals surface area contributed by atoms with Crippen molar-refractivity contribution in [3.63, 3.8) is 0 Å². The Balaban J connectivity index is 2.67. The summed E-state index contributed by atoms with van der Waals surface area (Å²) in [6.45, 7) is 0. The highest BCUT2D eigenvalue weighted by molar-refractivity contribution is 5.97. The summed E-state index contributed by atoms with van der Waals surface area (Å²) in [5.41, 5.74) is 2.48. The topological polar surface area (TPSA) is 63.8 Å². The number of fused-ring (bicyclic) bond motifs is 1. The highest BCUT2D eigenvalue weighted by Crippen LogP contribution is 2.25. The lowest BCUT2D eigenvalue weighted by Crippen LogP contribution is -2.07. The fraction of sp³-hybridized carbons (Fsp3) is 0.231. The summed E-state index contributed by atoms with van der Waals surface area (Å²) < 4.78 is 6.57. The van der Waals surface area contributed by atoms with Crippen LogP contribution in [-0.2, 0) is 23.0 Å². The number of oxime groups is 1. The number of rotatable bonds is 3. The predicted octanol–water partition coefficient (Wildman–Crippen LogP) is 1.70. The van der Waals surface area contributed by atoms with Crippen LogP contribution in [-0.4, -0.2) is 29.1 Å². The third kappa shape index (κ3) is 1.95. The average molecular weight is 246 g/mol. The van der Waals surface area contributed by atoms with E-state index in [2.05, 4.69) is 5.16 Å². The van der Waals surface area contributed by atoms with E-state index in [1.165, 1.54) is 13.3 Å². The van der Waals surface area contributed by atoms with Crippen LogP contribution in [0.3, 0.4) is 0 Å². The van der Waals surface area contributed by atoms with Crippen LogP contribution in [0.4, 0.5) is 0 Å². The minimum absolute atomic E-state index is 0.152. The van der Waals surface area contributed by atoms with Crippen LogP contribution < -0.4 is 0 Å². The number of para-hydroxylation sites is 1. The van der Waals surface area contributed by atoms with Crippen molar-refractivity contribution in [2.75, 3.05) is 7.11 Å². The maximum absolute atomic E-state index is 11.5. The third-order valence-electron chi connectivity index (χ3n) is 2.99. The summed E-state index contributed by atoms with van der Waals surface area (Å²) >= 11 is 0. The van der Waals surface area contributed by atoms with Crippen molar-refractivity contribution in [3.05, 3.63) is 35.5 Å². The van der Waals surface area contributed by atoms with Gasteiger partial charge in [0.25, 0.3) is 0 Å². The Morgan fingerprint density at radius 2 is 2.22 bits per heavy atom. The van der Waals surface area contributed by atoms with Gasteiger partial charge in [0.05, 0.1) is 25.4 Å². The molecule has 94 valence electrons. The Morgan fingerprint density at radius 1 is 1.50 bits per heavy atom. The van der Waals surface area contributed by atoms with Crippen LogP contribution in [0.1, 0.15) is 11.3 Å². The lowest BCUT2D eigenvalue weighted by atomic mass is 10.1. The summed E-state index contributed by atoms with van der Waals surface area (Å²) in [4.78, 5) is 11.5. The number of carbonyl (C=O) groups is 1.